The van der Waals surface area contributed by atoms with Crippen LogP contribution in [-0.2, 0) is 38.3 Å². The highest BCUT2D eigenvalue weighted by molar-refractivity contribution is 7.80. The van der Waals surface area contributed by atoms with Gasteiger partial charge in [0.1, 0.15) is 30.5 Å². The third kappa shape index (κ3) is 32.3. The molecule has 1 fully saturated rings. The first-order valence-corrected chi connectivity index (χ1v) is 25.5. The van der Waals surface area contributed by atoms with Crippen LogP contribution >= 0.6 is 0 Å². The molecule has 0 aromatic heterocycles. The topological polar surface area (TPSA) is 178 Å². The Hall–Kier alpha value is -1.42. The van der Waals surface area contributed by atoms with Crippen molar-refractivity contribution in [1.82, 2.24) is 0 Å². The van der Waals surface area contributed by atoms with Gasteiger partial charge in [0.15, 0.2) is 6.29 Å². The summed E-state index contributed by atoms with van der Waals surface area (Å²) in [6, 6.07) is 0. The zero-order valence-electron chi connectivity index (χ0n) is 37.8. The van der Waals surface area contributed by atoms with E-state index in [4.69, 9.17) is 23.5 Å². The lowest BCUT2D eigenvalue weighted by Crippen LogP contribution is -2.60. The summed E-state index contributed by atoms with van der Waals surface area (Å²) in [5, 5.41) is 30.7. The molecule has 1 aliphatic heterocycles. The normalized spacial score (nSPS) is 20.4. The second-order valence-corrected chi connectivity index (χ2v) is 17.8. The molecule has 1 heterocycles. The third-order valence-electron chi connectivity index (χ3n) is 11.1. The minimum Gasteiger partial charge on any atom is -0.457 e. The van der Waals surface area contributed by atoms with Gasteiger partial charge in [-0.05, 0) is 44.9 Å². The van der Waals surface area contributed by atoms with Gasteiger partial charge in [0.25, 0.3) is 0 Å². The first kappa shape index (κ1) is 56.6. The molecule has 1 rings (SSSR count). The van der Waals surface area contributed by atoms with Gasteiger partial charge >= 0.3 is 16.4 Å². The number of aliphatic hydroxyl groups is 3. The van der Waals surface area contributed by atoms with Gasteiger partial charge in [0.05, 0.1) is 19.8 Å². The molecule has 0 spiro atoms. The Balaban J connectivity index is 2.40. The number of carbonyl (C=O) groups excluding carboxylic acids is 1. The molecule has 4 N–H and O–H groups in total. The molecule has 6 unspecified atom stereocenters. The van der Waals surface area contributed by atoms with Crippen LogP contribution in [0.2, 0.25) is 0 Å². The quantitative estimate of drug-likeness (QED) is 0.0198. The predicted molar refractivity (Wildman–Crippen MR) is 239 cm³/mol. The highest BCUT2D eigenvalue weighted by Crippen LogP contribution is 2.26. The van der Waals surface area contributed by atoms with Crippen LogP contribution in [0.3, 0.4) is 0 Å². The number of hydrogen-bond acceptors (Lipinski definition) is 11. The van der Waals surface area contributed by atoms with Crippen LogP contribution < -0.4 is 0 Å². The van der Waals surface area contributed by atoms with Crippen molar-refractivity contribution in [1.29, 1.82) is 0 Å². The van der Waals surface area contributed by atoms with Crippen LogP contribution in [0.5, 0.6) is 0 Å². The number of esters is 1. The lowest BCUT2D eigenvalue weighted by atomic mass is 9.99. The SMILES string of the molecule is CCCCCC/C=C\C/C=C\CCCCCCCCOCC(COC1OC(CO)C(O)C(OS(=O)(=O)O)C1O)OC(=O)CCCCCCCCCCCCCCCCCC. The van der Waals surface area contributed by atoms with E-state index >= 15 is 0 Å². The van der Waals surface area contributed by atoms with E-state index in [0.717, 1.165) is 57.8 Å². The molecule has 0 aliphatic carbocycles. The van der Waals surface area contributed by atoms with Gasteiger partial charge in [-0.15, -0.1) is 0 Å². The Kier molecular flexibility index (Phi) is 37.0. The maximum absolute atomic E-state index is 12.9. The average Bonchev–Trinajstić information content (AvgIpc) is 3.22. The summed E-state index contributed by atoms with van der Waals surface area (Å²) in [6.07, 6.45) is 34.9. The summed E-state index contributed by atoms with van der Waals surface area (Å²) in [5.41, 5.74) is 0. The minimum atomic E-state index is -5.06. The highest BCUT2D eigenvalue weighted by atomic mass is 32.3. The molecule has 0 aromatic rings. The van der Waals surface area contributed by atoms with E-state index in [1.807, 2.05) is 0 Å². The van der Waals surface area contributed by atoms with E-state index < -0.39 is 59.8 Å². The first-order chi connectivity index (χ1) is 29.1. The molecule has 60 heavy (non-hydrogen) atoms. The third-order valence-corrected chi connectivity index (χ3v) is 11.5. The standard InChI is InChI=1S/C47H88O12S/c1-3-5-7-9-11-13-15-17-19-21-23-25-27-29-31-33-35-37-55-39-41(40-56-47-45(51)46(59-60(52,53)54)44(50)42(38-48)58-47)57-43(49)36-34-32-30-28-26-24-22-20-18-16-14-12-10-8-6-4-2/h13,15,19,21,41-42,44-48,50-51H,3-12,14,16-18,20,22-40H2,1-2H3,(H,52,53,54)/b15-13-,21-19-. The van der Waals surface area contributed by atoms with Crippen LogP contribution in [0.1, 0.15) is 206 Å². The summed E-state index contributed by atoms with van der Waals surface area (Å²) >= 11 is 0. The molecule has 0 amide bonds. The van der Waals surface area contributed by atoms with Crippen LogP contribution in [-0.4, -0.2) is 97.5 Å². The fourth-order valence-corrected chi connectivity index (χ4v) is 7.92. The Morgan fingerprint density at radius 1 is 0.633 bits per heavy atom. The average molecular weight is 877 g/mol. The summed E-state index contributed by atoms with van der Waals surface area (Å²) in [6.45, 7) is 3.97. The number of carbonyl (C=O) groups is 1. The molecule has 6 atom stereocenters. The number of rotatable bonds is 42. The number of allylic oxidation sites excluding steroid dienone is 4. The molecule has 0 bridgehead atoms. The molecule has 0 aromatic carbocycles. The smallest absolute Gasteiger partial charge is 0.397 e. The van der Waals surface area contributed by atoms with Crippen molar-refractivity contribution in [3.8, 4) is 0 Å². The Labute approximate surface area is 365 Å². The molecule has 1 aliphatic rings. The zero-order valence-corrected chi connectivity index (χ0v) is 38.6. The van der Waals surface area contributed by atoms with Crippen molar-refractivity contribution in [3.63, 3.8) is 0 Å². The van der Waals surface area contributed by atoms with E-state index in [1.165, 1.54) is 122 Å². The van der Waals surface area contributed by atoms with Crippen LogP contribution in [0.4, 0.5) is 0 Å². The monoisotopic (exact) mass is 877 g/mol. The van der Waals surface area contributed by atoms with Gasteiger partial charge in [0.2, 0.25) is 0 Å². The fourth-order valence-electron chi connectivity index (χ4n) is 7.41. The van der Waals surface area contributed by atoms with Gasteiger partial charge in [-0.1, -0.05) is 179 Å². The van der Waals surface area contributed by atoms with E-state index in [1.54, 1.807) is 0 Å². The van der Waals surface area contributed by atoms with E-state index in [0.29, 0.717) is 13.0 Å². The fraction of sp³-hybridized carbons (Fsp3) is 0.894. The number of unbranched alkanes of at least 4 members (excludes halogenated alkanes) is 25. The number of hydrogen-bond donors (Lipinski definition) is 4. The molecular formula is C47H88O12S. The van der Waals surface area contributed by atoms with Crippen LogP contribution in [0.15, 0.2) is 24.3 Å². The number of aliphatic hydroxyl groups excluding tert-OH is 3. The summed E-state index contributed by atoms with van der Waals surface area (Å²) in [5.74, 6) is -0.400. The second kappa shape index (κ2) is 39.2. The van der Waals surface area contributed by atoms with Crippen LogP contribution in [0, 0.1) is 0 Å². The van der Waals surface area contributed by atoms with E-state index in [2.05, 4.69) is 42.3 Å². The minimum absolute atomic E-state index is 0.0326. The maximum Gasteiger partial charge on any atom is 0.397 e. The maximum atomic E-state index is 12.9. The Bertz CT molecular complexity index is 1150. The van der Waals surface area contributed by atoms with E-state index in [-0.39, 0.29) is 19.6 Å². The highest BCUT2D eigenvalue weighted by Gasteiger charge is 2.48. The molecule has 13 heteroatoms. The molecule has 0 saturated carbocycles. The van der Waals surface area contributed by atoms with Crippen LogP contribution in [0.25, 0.3) is 0 Å². The predicted octanol–water partition coefficient (Wildman–Crippen LogP) is 10.4. The largest absolute Gasteiger partial charge is 0.457 e. The van der Waals surface area contributed by atoms with Crippen molar-refractivity contribution in [2.45, 2.75) is 243 Å². The van der Waals surface area contributed by atoms with Crippen molar-refractivity contribution >= 4 is 16.4 Å². The zero-order chi connectivity index (χ0) is 43.9. The van der Waals surface area contributed by atoms with Crippen molar-refractivity contribution in [2.75, 3.05) is 26.4 Å². The van der Waals surface area contributed by atoms with Crippen molar-refractivity contribution < 1.29 is 56.2 Å². The van der Waals surface area contributed by atoms with E-state index in [9.17, 15) is 28.5 Å². The van der Waals surface area contributed by atoms with Gasteiger partial charge in [-0.3, -0.25) is 9.35 Å². The lowest BCUT2D eigenvalue weighted by molar-refractivity contribution is -0.301. The molecule has 354 valence electrons. The van der Waals surface area contributed by atoms with Crippen molar-refractivity contribution in [2.24, 2.45) is 0 Å². The van der Waals surface area contributed by atoms with Gasteiger partial charge in [0, 0.05) is 13.0 Å². The van der Waals surface area contributed by atoms with Gasteiger partial charge in [-0.25, -0.2) is 4.18 Å². The molecular weight excluding hydrogens is 789 g/mol. The molecule has 1 saturated heterocycles. The Morgan fingerprint density at radius 3 is 1.60 bits per heavy atom. The first-order valence-electron chi connectivity index (χ1n) is 24.1. The second-order valence-electron chi connectivity index (χ2n) is 16.7. The number of ether oxygens (including phenoxy) is 4. The van der Waals surface area contributed by atoms with Gasteiger partial charge in [-0.2, -0.15) is 8.42 Å². The Morgan fingerprint density at radius 2 is 1.10 bits per heavy atom. The molecule has 0 radical (unpaired) electrons. The lowest BCUT2D eigenvalue weighted by Gasteiger charge is -2.41. The molecule has 12 nitrogen and oxygen atoms in total. The summed E-state index contributed by atoms with van der Waals surface area (Å²) < 4.78 is 59.1. The summed E-state index contributed by atoms with van der Waals surface area (Å²) in [4.78, 5) is 12.9. The summed E-state index contributed by atoms with van der Waals surface area (Å²) in [7, 11) is -5.06. The van der Waals surface area contributed by atoms with Crippen molar-refractivity contribution in [3.05, 3.63) is 24.3 Å². The van der Waals surface area contributed by atoms with Gasteiger partial charge < -0.3 is 34.3 Å².